The summed E-state index contributed by atoms with van der Waals surface area (Å²) in [5.74, 6) is -1.37. The summed E-state index contributed by atoms with van der Waals surface area (Å²) in [6.45, 7) is 12.2. The van der Waals surface area contributed by atoms with Crippen LogP contribution in [0, 0.1) is 10.8 Å². The van der Waals surface area contributed by atoms with Crippen LogP contribution in [0.3, 0.4) is 0 Å². The van der Waals surface area contributed by atoms with E-state index in [1.165, 1.54) is 12.2 Å². The average molecular weight is 340 g/mol. The summed E-state index contributed by atoms with van der Waals surface area (Å²) < 4.78 is 15.4. The summed E-state index contributed by atoms with van der Waals surface area (Å²) in [6.07, 6.45) is 4.44. The standard InChI is InChI=1S/C18H28O6/c1-7-9-14(19)22-11-17(3,4)12-24-16(21)18(5,6)13-23-15(20)10-8-2/h7-9H,2,10-13H2,1,3-6H3/b9-7+. The van der Waals surface area contributed by atoms with E-state index in [-0.39, 0.29) is 26.2 Å². The first-order valence-electron chi connectivity index (χ1n) is 7.77. The van der Waals surface area contributed by atoms with Gasteiger partial charge in [0.1, 0.15) is 6.61 Å². The van der Waals surface area contributed by atoms with E-state index in [4.69, 9.17) is 14.2 Å². The minimum Gasteiger partial charge on any atom is -0.464 e. The number of hydrogen-bond acceptors (Lipinski definition) is 6. The van der Waals surface area contributed by atoms with Gasteiger partial charge in [0.05, 0.1) is 25.0 Å². The minimum atomic E-state index is -0.964. The van der Waals surface area contributed by atoms with E-state index in [9.17, 15) is 14.4 Å². The van der Waals surface area contributed by atoms with Gasteiger partial charge in [0.15, 0.2) is 0 Å². The molecule has 0 atom stereocenters. The fourth-order valence-electron chi connectivity index (χ4n) is 1.45. The van der Waals surface area contributed by atoms with E-state index in [2.05, 4.69) is 6.58 Å². The van der Waals surface area contributed by atoms with Crippen molar-refractivity contribution in [3.63, 3.8) is 0 Å². The smallest absolute Gasteiger partial charge is 0.330 e. The third-order valence-electron chi connectivity index (χ3n) is 2.96. The van der Waals surface area contributed by atoms with Crippen LogP contribution in [-0.2, 0) is 28.6 Å². The number of ether oxygens (including phenoxy) is 3. The molecule has 0 radical (unpaired) electrons. The maximum Gasteiger partial charge on any atom is 0.330 e. The second kappa shape index (κ2) is 9.90. The van der Waals surface area contributed by atoms with Gasteiger partial charge in [-0.25, -0.2) is 4.79 Å². The van der Waals surface area contributed by atoms with E-state index in [0.29, 0.717) is 0 Å². The third-order valence-corrected chi connectivity index (χ3v) is 2.96. The Kier molecular flexibility index (Phi) is 9.03. The Morgan fingerprint density at radius 1 is 0.958 bits per heavy atom. The van der Waals surface area contributed by atoms with Gasteiger partial charge in [-0.15, -0.1) is 6.58 Å². The SMILES string of the molecule is C=CCC(=O)OCC(C)(C)C(=O)OCC(C)(C)COC(=O)/C=C/C. The summed E-state index contributed by atoms with van der Waals surface area (Å²) in [7, 11) is 0. The predicted octanol–water partition coefficient (Wildman–Crippen LogP) is 2.82. The zero-order chi connectivity index (χ0) is 18.8. The highest BCUT2D eigenvalue weighted by Gasteiger charge is 2.33. The lowest BCUT2D eigenvalue weighted by atomic mass is 9.93. The summed E-state index contributed by atoms with van der Waals surface area (Å²) in [5, 5.41) is 0. The Morgan fingerprint density at radius 2 is 1.54 bits per heavy atom. The van der Waals surface area contributed by atoms with Crippen molar-refractivity contribution in [1.82, 2.24) is 0 Å². The first-order chi connectivity index (χ1) is 11.0. The van der Waals surface area contributed by atoms with Crippen molar-refractivity contribution in [2.45, 2.75) is 41.0 Å². The molecule has 24 heavy (non-hydrogen) atoms. The molecule has 0 spiro atoms. The van der Waals surface area contributed by atoms with Gasteiger partial charge < -0.3 is 14.2 Å². The lowest BCUT2D eigenvalue weighted by Gasteiger charge is -2.27. The Bertz CT molecular complexity index is 488. The second-order valence-electron chi connectivity index (χ2n) is 6.89. The summed E-state index contributed by atoms with van der Waals surface area (Å²) in [5.41, 5.74) is -1.49. The summed E-state index contributed by atoms with van der Waals surface area (Å²) >= 11 is 0. The first kappa shape index (κ1) is 21.9. The number of rotatable bonds is 10. The molecule has 0 amide bonds. The van der Waals surface area contributed by atoms with Gasteiger partial charge in [-0.05, 0) is 20.8 Å². The Labute approximate surface area is 143 Å². The Morgan fingerprint density at radius 3 is 2.08 bits per heavy atom. The molecule has 0 heterocycles. The highest BCUT2D eigenvalue weighted by Crippen LogP contribution is 2.22. The van der Waals surface area contributed by atoms with E-state index < -0.39 is 28.7 Å². The van der Waals surface area contributed by atoms with E-state index >= 15 is 0 Å². The molecule has 0 N–H and O–H groups in total. The summed E-state index contributed by atoms with van der Waals surface area (Å²) in [6, 6.07) is 0. The van der Waals surface area contributed by atoms with Gasteiger partial charge in [-0.3, -0.25) is 9.59 Å². The molecule has 0 aliphatic rings. The molecule has 0 aliphatic carbocycles. The number of hydrogen-bond donors (Lipinski definition) is 0. The molecule has 0 unspecified atom stereocenters. The van der Waals surface area contributed by atoms with Gasteiger partial charge in [-0.1, -0.05) is 26.0 Å². The molecule has 0 bridgehead atoms. The molecule has 0 rings (SSSR count). The van der Waals surface area contributed by atoms with Gasteiger partial charge in [-0.2, -0.15) is 0 Å². The molecule has 0 aromatic heterocycles. The molecular formula is C18H28O6. The summed E-state index contributed by atoms with van der Waals surface area (Å²) in [4.78, 5) is 34.8. The molecule has 0 saturated heterocycles. The van der Waals surface area contributed by atoms with Crippen molar-refractivity contribution < 1.29 is 28.6 Å². The molecule has 0 aliphatic heterocycles. The van der Waals surface area contributed by atoms with Crippen molar-refractivity contribution in [1.29, 1.82) is 0 Å². The van der Waals surface area contributed by atoms with Crippen LogP contribution in [0.1, 0.15) is 41.0 Å². The van der Waals surface area contributed by atoms with Crippen LogP contribution in [-0.4, -0.2) is 37.7 Å². The van der Waals surface area contributed by atoms with E-state index in [1.807, 2.05) is 13.8 Å². The minimum absolute atomic E-state index is 0.0742. The second-order valence-corrected chi connectivity index (χ2v) is 6.89. The van der Waals surface area contributed by atoms with Crippen molar-refractivity contribution >= 4 is 17.9 Å². The molecule has 0 fully saturated rings. The molecule has 0 aromatic rings. The van der Waals surface area contributed by atoms with Crippen LogP contribution in [0.2, 0.25) is 0 Å². The average Bonchev–Trinajstić information content (AvgIpc) is 2.49. The predicted molar refractivity (Wildman–Crippen MR) is 90.1 cm³/mol. The lowest BCUT2D eigenvalue weighted by Crippen LogP contribution is -2.36. The quantitative estimate of drug-likeness (QED) is 0.263. The molecule has 0 aromatic carbocycles. The van der Waals surface area contributed by atoms with Crippen LogP contribution in [0.4, 0.5) is 0 Å². The number of allylic oxidation sites excluding steroid dienone is 1. The zero-order valence-corrected chi connectivity index (χ0v) is 15.2. The van der Waals surface area contributed by atoms with Crippen molar-refractivity contribution in [3.8, 4) is 0 Å². The van der Waals surface area contributed by atoms with Crippen LogP contribution in [0.25, 0.3) is 0 Å². The number of carbonyl (C=O) groups excluding carboxylic acids is 3. The maximum absolute atomic E-state index is 12.2. The fraction of sp³-hybridized carbons (Fsp3) is 0.611. The number of esters is 3. The largest absolute Gasteiger partial charge is 0.464 e. The molecular weight excluding hydrogens is 312 g/mol. The van der Waals surface area contributed by atoms with Crippen molar-refractivity contribution in [2.75, 3.05) is 19.8 Å². The third kappa shape index (κ3) is 9.12. The fourth-order valence-corrected chi connectivity index (χ4v) is 1.45. The maximum atomic E-state index is 12.2. The molecule has 0 saturated carbocycles. The van der Waals surface area contributed by atoms with Crippen LogP contribution >= 0.6 is 0 Å². The van der Waals surface area contributed by atoms with Gasteiger partial charge in [0.25, 0.3) is 0 Å². The van der Waals surface area contributed by atoms with Crippen molar-refractivity contribution in [2.24, 2.45) is 10.8 Å². The highest BCUT2D eigenvalue weighted by atomic mass is 16.6. The zero-order valence-electron chi connectivity index (χ0n) is 15.2. The molecule has 6 heteroatoms. The van der Waals surface area contributed by atoms with E-state index in [0.717, 1.165) is 0 Å². The van der Waals surface area contributed by atoms with Gasteiger partial charge in [0, 0.05) is 11.5 Å². The highest BCUT2D eigenvalue weighted by molar-refractivity contribution is 5.81. The van der Waals surface area contributed by atoms with E-state index in [1.54, 1.807) is 26.8 Å². The van der Waals surface area contributed by atoms with Crippen LogP contribution < -0.4 is 0 Å². The van der Waals surface area contributed by atoms with Crippen LogP contribution in [0.15, 0.2) is 24.8 Å². The van der Waals surface area contributed by atoms with Gasteiger partial charge >= 0.3 is 17.9 Å². The lowest BCUT2D eigenvalue weighted by molar-refractivity contribution is -0.165. The van der Waals surface area contributed by atoms with Crippen LogP contribution in [0.5, 0.6) is 0 Å². The normalized spacial score (nSPS) is 11.9. The molecule has 6 nitrogen and oxygen atoms in total. The van der Waals surface area contributed by atoms with Gasteiger partial charge in [0.2, 0.25) is 0 Å². The Balaban J connectivity index is 4.39. The van der Waals surface area contributed by atoms with Crippen molar-refractivity contribution in [3.05, 3.63) is 24.8 Å². The number of carbonyl (C=O) groups is 3. The topological polar surface area (TPSA) is 78.9 Å². The Hall–Kier alpha value is -2.11. The first-order valence-corrected chi connectivity index (χ1v) is 7.77. The molecule has 136 valence electrons. The monoisotopic (exact) mass is 340 g/mol.